The standard InChI is InChI=1S/C31H37N3O2/c1-6-33(7-2)25-14-16-28(22(3)20-25)31(23-10-12-24(13-11-23)32(4)5)29-17-15-26(34-18-8-9-19-34)21-27(29)30(35)36-31/h10-17,20-21H,6-9,18-19H2,1-5H3. The fourth-order valence-corrected chi connectivity index (χ4v) is 5.82. The van der Waals surface area contributed by atoms with Crippen molar-refractivity contribution in [2.24, 2.45) is 0 Å². The lowest BCUT2D eigenvalue weighted by Crippen LogP contribution is -2.31. The number of aryl methyl sites for hydroxylation is 1. The number of ether oxygens (including phenoxy) is 1. The van der Waals surface area contributed by atoms with Gasteiger partial charge < -0.3 is 19.4 Å². The Morgan fingerprint density at radius 1 is 0.861 bits per heavy atom. The third kappa shape index (κ3) is 3.91. The summed E-state index contributed by atoms with van der Waals surface area (Å²) in [6.45, 7) is 10.4. The number of cyclic esters (lactones) is 1. The summed E-state index contributed by atoms with van der Waals surface area (Å²) in [6.07, 6.45) is 2.39. The highest BCUT2D eigenvalue weighted by atomic mass is 16.6. The Hall–Kier alpha value is -3.47. The second kappa shape index (κ2) is 9.53. The second-order valence-corrected chi connectivity index (χ2v) is 10.1. The van der Waals surface area contributed by atoms with Crippen LogP contribution >= 0.6 is 0 Å². The highest BCUT2D eigenvalue weighted by molar-refractivity contribution is 5.97. The molecule has 0 bridgehead atoms. The van der Waals surface area contributed by atoms with E-state index in [4.69, 9.17) is 4.74 Å². The van der Waals surface area contributed by atoms with Crippen molar-refractivity contribution in [2.75, 3.05) is 55.0 Å². The molecule has 0 saturated carbocycles. The number of carbonyl (C=O) groups excluding carboxylic acids is 1. The van der Waals surface area contributed by atoms with Gasteiger partial charge in [-0.1, -0.05) is 24.3 Å². The number of anilines is 3. The van der Waals surface area contributed by atoms with Gasteiger partial charge in [0, 0.05) is 74.0 Å². The maximum absolute atomic E-state index is 13.5. The van der Waals surface area contributed by atoms with Gasteiger partial charge in [-0.2, -0.15) is 0 Å². The Bertz CT molecular complexity index is 1260. The molecular formula is C31H37N3O2. The number of rotatable bonds is 7. The summed E-state index contributed by atoms with van der Waals surface area (Å²) in [5, 5.41) is 0. The molecule has 1 saturated heterocycles. The third-order valence-corrected chi connectivity index (χ3v) is 7.83. The summed E-state index contributed by atoms with van der Waals surface area (Å²) in [6, 6.07) is 21.3. The van der Waals surface area contributed by atoms with Gasteiger partial charge in [-0.3, -0.25) is 0 Å². The van der Waals surface area contributed by atoms with Crippen LogP contribution in [0.2, 0.25) is 0 Å². The zero-order valence-electron chi connectivity index (χ0n) is 22.2. The van der Waals surface area contributed by atoms with Crippen LogP contribution in [-0.2, 0) is 10.3 Å². The Labute approximate surface area is 215 Å². The molecule has 5 nitrogen and oxygen atoms in total. The quantitative estimate of drug-likeness (QED) is 0.387. The van der Waals surface area contributed by atoms with Gasteiger partial charge >= 0.3 is 5.97 Å². The van der Waals surface area contributed by atoms with Crippen molar-refractivity contribution >= 4 is 23.0 Å². The van der Waals surface area contributed by atoms with Gasteiger partial charge in [0.15, 0.2) is 5.60 Å². The number of hydrogen-bond donors (Lipinski definition) is 0. The smallest absolute Gasteiger partial charge is 0.340 e. The van der Waals surface area contributed by atoms with E-state index in [2.05, 4.69) is 90.1 Å². The van der Waals surface area contributed by atoms with Crippen LogP contribution in [-0.4, -0.2) is 46.2 Å². The summed E-state index contributed by atoms with van der Waals surface area (Å²) in [4.78, 5) is 20.3. The number of fused-ring (bicyclic) bond motifs is 1. The normalized spacial score (nSPS) is 18.8. The zero-order chi connectivity index (χ0) is 25.4. The first kappa shape index (κ1) is 24.2. The molecular weight excluding hydrogens is 446 g/mol. The number of nitrogens with zero attached hydrogens (tertiary/aromatic N) is 3. The molecule has 5 heteroatoms. The van der Waals surface area contributed by atoms with E-state index in [0.29, 0.717) is 5.56 Å². The van der Waals surface area contributed by atoms with Crippen LogP contribution in [0.3, 0.4) is 0 Å². The van der Waals surface area contributed by atoms with Crippen LogP contribution in [0, 0.1) is 6.92 Å². The lowest BCUT2D eigenvalue weighted by Gasteiger charge is -2.33. The van der Waals surface area contributed by atoms with E-state index in [1.54, 1.807) is 0 Å². The van der Waals surface area contributed by atoms with Crippen molar-refractivity contribution in [1.82, 2.24) is 0 Å². The average molecular weight is 484 g/mol. The SMILES string of the molecule is CCN(CC)c1ccc(C2(c3ccc(N(C)C)cc3)OC(=O)c3cc(N4CCCC4)ccc32)c(C)c1. The zero-order valence-corrected chi connectivity index (χ0v) is 22.2. The molecule has 0 amide bonds. The van der Waals surface area contributed by atoms with Crippen LogP contribution in [0.25, 0.3) is 0 Å². The Morgan fingerprint density at radius 3 is 2.11 bits per heavy atom. The first-order valence-electron chi connectivity index (χ1n) is 13.2. The molecule has 3 aromatic rings. The lowest BCUT2D eigenvalue weighted by molar-refractivity contribution is 0.0250. The summed E-state index contributed by atoms with van der Waals surface area (Å²) >= 11 is 0. The molecule has 1 unspecified atom stereocenters. The molecule has 2 aliphatic rings. The van der Waals surface area contributed by atoms with Crippen molar-refractivity contribution in [3.8, 4) is 0 Å². The molecule has 0 aliphatic carbocycles. The van der Waals surface area contributed by atoms with Crippen molar-refractivity contribution in [2.45, 2.75) is 39.2 Å². The fraction of sp³-hybridized carbons (Fsp3) is 0.387. The van der Waals surface area contributed by atoms with Crippen molar-refractivity contribution < 1.29 is 9.53 Å². The van der Waals surface area contributed by atoms with Gasteiger partial charge in [0.2, 0.25) is 0 Å². The monoisotopic (exact) mass is 483 g/mol. The molecule has 1 fully saturated rings. The number of esters is 1. The summed E-state index contributed by atoms with van der Waals surface area (Å²) in [7, 11) is 4.07. The molecule has 3 aromatic carbocycles. The Morgan fingerprint density at radius 2 is 1.50 bits per heavy atom. The predicted octanol–water partition coefficient (Wildman–Crippen LogP) is 5.97. The molecule has 2 heterocycles. The van der Waals surface area contributed by atoms with E-state index in [9.17, 15) is 4.79 Å². The van der Waals surface area contributed by atoms with Crippen LogP contribution in [0.1, 0.15) is 59.3 Å². The van der Waals surface area contributed by atoms with Crippen molar-refractivity contribution in [3.05, 3.63) is 88.5 Å². The average Bonchev–Trinajstić information content (AvgIpc) is 3.52. The molecule has 0 aromatic heterocycles. The van der Waals surface area contributed by atoms with E-state index in [1.807, 2.05) is 20.2 Å². The van der Waals surface area contributed by atoms with Gasteiger partial charge in [0.25, 0.3) is 0 Å². The molecule has 5 rings (SSSR count). The fourth-order valence-electron chi connectivity index (χ4n) is 5.82. The highest BCUT2D eigenvalue weighted by Gasteiger charge is 2.49. The van der Waals surface area contributed by atoms with E-state index in [0.717, 1.165) is 59.8 Å². The van der Waals surface area contributed by atoms with E-state index >= 15 is 0 Å². The van der Waals surface area contributed by atoms with Crippen LogP contribution in [0.4, 0.5) is 17.1 Å². The highest BCUT2D eigenvalue weighted by Crippen LogP contribution is 2.49. The molecule has 0 N–H and O–H groups in total. The maximum atomic E-state index is 13.5. The minimum atomic E-state index is -0.979. The number of hydrogen-bond acceptors (Lipinski definition) is 5. The van der Waals surface area contributed by atoms with Gasteiger partial charge in [-0.15, -0.1) is 0 Å². The minimum Gasteiger partial charge on any atom is -0.441 e. The molecule has 0 spiro atoms. The molecule has 0 radical (unpaired) electrons. The third-order valence-electron chi connectivity index (χ3n) is 7.83. The van der Waals surface area contributed by atoms with Gasteiger partial charge in [-0.05, 0) is 75.6 Å². The Kier molecular flexibility index (Phi) is 6.42. The number of benzene rings is 3. The molecule has 2 aliphatic heterocycles. The number of carbonyl (C=O) groups is 1. The van der Waals surface area contributed by atoms with E-state index in [-0.39, 0.29) is 5.97 Å². The van der Waals surface area contributed by atoms with E-state index in [1.165, 1.54) is 18.5 Å². The largest absolute Gasteiger partial charge is 0.441 e. The maximum Gasteiger partial charge on any atom is 0.340 e. The first-order valence-corrected chi connectivity index (χ1v) is 13.2. The van der Waals surface area contributed by atoms with Crippen molar-refractivity contribution in [1.29, 1.82) is 0 Å². The predicted molar refractivity (Wildman–Crippen MR) is 149 cm³/mol. The summed E-state index contributed by atoms with van der Waals surface area (Å²) in [5.41, 5.74) is 7.10. The van der Waals surface area contributed by atoms with Crippen LogP contribution in [0.15, 0.2) is 60.7 Å². The van der Waals surface area contributed by atoms with Crippen LogP contribution < -0.4 is 14.7 Å². The van der Waals surface area contributed by atoms with E-state index < -0.39 is 5.60 Å². The summed E-state index contributed by atoms with van der Waals surface area (Å²) in [5.74, 6) is -0.255. The van der Waals surface area contributed by atoms with Crippen LogP contribution in [0.5, 0.6) is 0 Å². The topological polar surface area (TPSA) is 36.0 Å². The molecule has 188 valence electrons. The minimum absolute atomic E-state index is 0.255. The van der Waals surface area contributed by atoms with Gasteiger partial charge in [0.05, 0.1) is 5.56 Å². The lowest BCUT2D eigenvalue weighted by atomic mass is 9.78. The molecule has 1 atom stereocenters. The Balaban J connectivity index is 1.69. The van der Waals surface area contributed by atoms with Crippen molar-refractivity contribution in [3.63, 3.8) is 0 Å². The van der Waals surface area contributed by atoms with Gasteiger partial charge in [-0.25, -0.2) is 4.79 Å². The first-order chi connectivity index (χ1) is 17.4. The second-order valence-electron chi connectivity index (χ2n) is 10.1. The molecule has 36 heavy (non-hydrogen) atoms. The summed E-state index contributed by atoms with van der Waals surface area (Å²) < 4.78 is 6.46. The van der Waals surface area contributed by atoms with Gasteiger partial charge in [0.1, 0.15) is 0 Å².